The molecule has 5 heteroatoms. The van der Waals surface area contributed by atoms with E-state index in [2.05, 4.69) is 5.32 Å². The molecule has 0 fully saturated rings. The van der Waals surface area contributed by atoms with Crippen LogP contribution in [0.1, 0.15) is 19.4 Å². The number of ether oxygens (including phenoxy) is 3. The number of nitrogens with one attached hydrogen (secondary N) is 1. The van der Waals surface area contributed by atoms with Crippen molar-refractivity contribution in [1.82, 2.24) is 5.32 Å². The topological polar surface area (TPSA) is 56.8 Å². The summed E-state index contributed by atoms with van der Waals surface area (Å²) >= 11 is 0. The summed E-state index contributed by atoms with van der Waals surface area (Å²) in [5, 5.41) is 2.82. The fourth-order valence-electron chi connectivity index (χ4n) is 2.09. The van der Waals surface area contributed by atoms with Crippen molar-refractivity contribution < 1.29 is 19.0 Å². The number of carbonyl (C=O) groups is 1. The second kappa shape index (κ2) is 8.82. The van der Waals surface area contributed by atoms with E-state index >= 15 is 0 Å². The fraction of sp³-hybridized carbons (Fsp3) is 0.316. The Hall–Kier alpha value is -2.69. The molecule has 0 atom stereocenters. The maximum Gasteiger partial charge on any atom is 0.258 e. The molecule has 5 nitrogen and oxygen atoms in total. The predicted octanol–water partition coefficient (Wildman–Crippen LogP) is 3.18. The van der Waals surface area contributed by atoms with Crippen molar-refractivity contribution in [2.24, 2.45) is 0 Å². The molecule has 0 aliphatic rings. The smallest absolute Gasteiger partial charge is 0.258 e. The highest BCUT2D eigenvalue weighted by Crippen LogP contribution is 2.25. The van der Waals surface area contributed by atoms with Crippen LogP contribution < -0.4 is 19.5 Å². The zero-order valence-electron chi connectivity index (χ0n) is 14.2. The molecule has 128 valence electrons. The molecule has 0 spiro atoms. The summed E-state index contributed by atoms with van der Waals surface area (Å²) in [6.07, 6.45) is 0.141. The Morgan fingerprint density at radius 3 is 2.33 bits per heavy atom. The zero-order valence-corrected chi connectivity index (χ0v) is 14.2. The molecule has 0 aromatic heterocycles. The van der Waals surface area contributed by atoms with Crippen LogP contribution in [0.4, 0.5) is 0 Å². The van der Waals surface area contributed by atoms with Crippen molar-refractivity contribution in [3.8, 4) is 17.2 Å². The highest BCUT2D eigenvalue weighted by molar-refractivity contribution is 5.77. The SMILES string of the molecule is COc1ccccc1OCC(=O)NCc1ccc(OC(C)C)cc1. The molecule has 0 aliphatic carbocycles. The highest BCUT2D eigenvalue weighted by Gasteiger charge is 2.07. The van der Waals surface area contributed by atoms with Gasteiger partial charge < -0.3 is 19.5 Å². The van der Waals surface area contributed by atoms with E-state index in [0.29, 0.717) is 18.0 Å². The van der Waals surface area contributed by atoms with Gasteiger partial charge in [0, 0.05) is 6.54 Å². The van der Waals surface area contributed by atoms with Crippen LogP contribution in [0, 0.1) is 0 Å². The first-order valence-electron chi connectivity index (χ1n) is 7.86. The molecule has 1 amide bonds. The number of hydrogen-bond acceptors (Lipinski definition) is 4. The highest BCUT2D eigenvalue weighted by atomic mass is 16.5. The third kappa shape index (κ3) is 5.50. The van der Waals surface area contributed by atoms with Crippen molar-refractivity contribution in [2.45, 2.75) is 26.5 Å². The lowest BCUT2D eigenvalue weighted by Crippen LogP contribution is -2.28. The minimum atomic E-state index is -0.191. The Bertz CT molecular complexity index is 653. The second-order valence-electron chi connectivity index (χ2n) is 5.53. The van der Waals surface area contributed by atoms with Gasteiger partial charge in [0.25, 0.3) is 5.91 Å². The summed E-state index contributed by atoms with van der Waals surface area (Å²) in [4.78, 5) is 11.9. The van der Waals surface area contributed by atoms with Crippen LogP contribution in [0.25, 0.3) is 0 Å². The van der Waals surface area contributed by atoms with Crippen LogP contribution >= 0.6 is 0 Å². The van der Waals surface area contributed by atoms with E-state index < -0.39 is 0 Å². The van der Waals surface area contributed by atoms with Gasteiger partial charge in [0.05, 0.1) is 13.2 Å². The summed E-state index contributed by atoms with van der Waals surface area (Å²) in [5.74, 6) is 1.78. The quantitative estimate of drug-likeness (QED) is 0.808. The van der Waals surface area contributed by atoms with Crippen LogP contribution in [-0.2, 0) is 11.3 Å². The van der Waals surface area contributed by atoms with Gasteiger partial charge in [-0.1, -0.05) is 24.3 Å². The van der Waals surface area contributed by atoms with Gasteiger partial charge >= 0.3 is 0 Å². The fourth-order valence-corrected chi connectivity index (χ4v) is 2.09. The summed E-state index contributed by atoms with van der Waals surface area (Å²) < 4.78 is 16.2. The zero-order chi connectivity index (χ0) is 17.4. The van der Waals surface area contributed by atoms with Crippen LogP contribution in [-0.4, -0.2) is 25.7 Å². The maximum atomic E-state index is 11.9. The Morgan fingerprint density at radius 2 is 1.71 bits per heavy atom. The second-order valence-corrected chi connectivity index (χ2v) is 5.53. The third-order valence-corrected chi connectivity index (χ3v) is 3.21. The molecule has 0 radical (unpaired) electrons. The van der Waals surface area contributed by atoms with Crippen molar-refractivity contribution in [3.63, 3.8) is 0 Å². The van der Waals surface area contributed by atoms with E-state index in [1.165, 1.54) is 0 Å². The van der Waals surface area contributed by atoms with E-state index in [1.54, 1.807) is 19.2 Å². The van der Waals surface area contributed by atoms with E-state index in [1.807, 2.05) is 50.2 Å². The summed E-state index contributed by atoms with van der Waals surface area (Å²) in [7, 11) is 1.56. The number of rotatable bonds is 8. The van der Waals surface area contributed by atoms with Crippen LogP contribution in [0.2, 0.25) is 0 Å². The molecule has 24 heavy (non-hydrogen) atoms. The lowest BCUT2D eigenvalue weighted by molar-refractivity contribution is -0.123. The summed E-state index contributed by atoms with van der Waals surface area (Å²) in [5.41, 5.74) is 0.997. The van der Waals surface area contributed by atoms with Gasteiger partial charge in [-0.25, -0.2) is 0 Å². The van der Waals surface area contributed by atoms with Crippen molar-refractivity contribution in [2.75, 3.05) is 13.7 Å². The lowest BCUT2D eigenvalue weighted by atomic mass is 10.2. The molecule has 2 aromatic carbocycles. The molecule has 0 saturated heterocycles. The molecule has 0 heterocycles. The average Bonchev–Trinajstić information content (AvgIpc) is 2.59. The maximum absolute atomic E-state index is 11.9. The van der Waals surface area contributed by atoms with Gasteiger partial charge in [-0.05, 0) is 43.7 Å². The Morgan fingerprint density at radius 1 is 1.04 bits per heavy atom. The Balaban J connectivity index is 1.78. The van der Waals surface area contributed by atoms with E-state index in [0.717, 1.165) is 11.3 Å². The molecule has 0 unspecified atom stereocenters. The van der Waals surface area contributed by atoms with Crippen molar-refractivity contribution >= 4 is 5.91 Å². The molecule has 2 aromatic rings. The third-order valence-electron chi connectivity index (χ3n) is 3.21. The van der Waals surface area contributed by atoms with Gasteiger partial charge in [0.1, 0.15) is 5.75 Å². The van der Waals surface area contributed by atoms with Gasteiger partial charge in [0.15, 0.2) is 18.1 Å². The number of methoxy groups -OCH3 is 1. The van der Waals surface area contributed by atoms with Crippen LogP contribution in [0.3, 0.4) is 0 Å². The Labute approximate surface area is 142 Å². The van der Waals surface area contributed by atoms with Gasteiger partial charge in [-0.15, -0.1) is 0 Å². The van der Waals surface area contributed by atoms with Gasteiger partial charge in [-0.2, -0.15) is 0 Å². The first-order chi connectivity index (χ1) is 11.6. The molecule has 0 saturated carbocycles. The van der Waals surface area contributed by atoms with E-state index in [9.17, 15) is 4.79 Å². The number of benzene rings is 2. The molecule has 2 rings (SSSR count). The van der Waals surface area contributed by atoms with E-state index in [-0.39, 0.29) is 18.6 Å². The van der Waals surface area contributed by atoms with Crippen molar-refractivity contribution in [1.29, 1.82) is 0 Å². The first-order valence-corrected chi connectivity index (χ1v) is 7.86. The van der Waals surface area contributed by atoms with Crippen molar-refractivity contribution in [3.05, 3.63) is 54.1 Å². The molecule has 0 bridgehead atoms. The molecular weight excluding hydrogens is 306 g/mol. The summed E-state index contributed by atoms with van der Waals surface area (Å²) in [6, 6.07) is 14.9. The first kappa shape index (κ1) is 17.7. The molecule has 1 N–H and O–H groups in total. The number of amides is 1. The average molecular weight is 329 g/mol. The normalized spacial score (nSPS) is 10.3. The largest absolute Gasteiger partial charge is 0.493 e. The van der Waals surface area contributed by atoms with Crippen LogP contribution in [0.5, 0.6) is 17.2 Å². The molecular formula is C19H23NO4. The number of carbonyl (C=O) groups excluding carboxylic acids is 1. The predicted molar refractivity (Wildman–Crippen MR) is 92.5 cm³/mol. The minimum absolute atomic E-state index is 0.0606. The number of para-hydroxylation sites is 2. The minimum Gasteiger partial charge on any atom is -0.493 e. The Kier molecular flexibility index (Phi) is 6.49. The van der Waals surface area contributed by atoms with Crippen LogP contribution in [0.15, 0.2) is 48.5 Å². The van der Waals surface area contributed by atoms with E-state index in [4.69, 9.17) is 14.2 Å². The standard InChI is InChI=1S/C19H23NO4/c1-14(2)24-16-10-8-15(9-11-16)12-20-19(21)13-23-18-7-5-4-6-17(18)22-3/h4-11,14H,12-13H2,1-3H3,(H,20,21). The number of hydrogen-bond donors (Lipinski definition) is 1. The van der Waals surface area contributed by atoms with Gasteiger partial charge in [0.2, 0.25) is 0 Å². The summed E-state index contributed by atoms with van der Waals surface area (Å²) in [6.45, 7) is 4.34. The molecule has 0 aliphatic heterocycles. The lowest BCUT2D eigenvalue weighted by Gasteiger charge is -2.11. The van der Waals surface area contributed by atoms with Gasteiger partial charge in [-0.3, -0.25) is 4.79 Å². The monoisotopic (exact) mass is 329 g/mol.